The summed E-state index contributed by atoms with van der Waals surface area (Å²) >= 11 is 0. The van der Waals surface area contributed by atoms with E-state index in [1.54, 1.807) is 0 Å². The Kier molecular flexibility index (Phi) is 2.44. The fourth-order valence-corrected chi connectivity index (χ4v) is 2.92. The molecule has 1 saturated carbocycles. The largest absolute Gasteiger partial charge is 0.466 e. The van der Waals surface area contributed by atoms with Gasteiger partial charge < -0.3 is 9.47 Å². The van der Waals surface area contributed by atoms with Crippen LogP contribution in [0.2, 0.25) is 0 Å². The molecule has 3 aliphatic rings. The van der Waals surface area contributed by atoms with Crippen molar-refractivity contribution in [3.05, 3.63) is 0 Å². The van der Waals surface area contributed by atoms with E-state index >= 15 is 0 Å². The molecule has 0 N–H and O–H groups in total. The van der Waals surface area contributed by atoms with E-state index in [0.29, 0.717) is 18.8 Å². The van der Waals surface area contributed by atoms with Crippen molar-refractivity contribution in [2.24, 2.45) is 5.41 Å². The summed E-state index contributed by atoms with van der Waals surface area (Å²) in [5, 5.41) is 0. The number of rotatable bonds is 4. The summed E-state index contributed by atoms with van der Waals surface area (Å²) < 4.78 is 10.7. The van der Waals surface area contributed by atoms with E-state index in [-0.39, 0.29) is 11.4 Å². The lowest BCUT2D eigenvalue weighted by molar-refractivity contribution is -0.151. The molecular weight excluding hydrogens is 206 g/mol. The van der Waals surface area contributed by atoms with Gasteiger partial charge in [-0.05, 0) is 26.2 Å². The Morgan fingerprint density at radius 2 is 2.38 bits per heavy atom. The van der Waals surface area contributed by atoms with Crippen LogP contribution >= 0.6 is 0 Å². The van der Waals surface area contributed by atoms with Gasteiger partial charge in [0.25, 0.3) is 0 Å². The third-order valence-corrected chi connectivity index (χ3v) is 4.08. The summed E-state index contributed by atoms with van der Waals surface area (Å²) in [4.78, 5) is 14.3. The van der Waals surface area contributed by atoms with Gasteiger partial charge in [0.2, 0.25) is 0 Å². The highest BCUT2D eigenvalue weighted by molar-refractivity contribution is 5.80. The number of carbonyl (C=O) groups is 1. The summed E-state index contributed by atoms with van der Waals surface area (Å²) in [6.45, 7) is 5.11. The van der Waals surface area contributed by atoms with Crippen LogP contribution in [0.25, 0.3) is 0 Å². The van der Waals surface area contributed by atoms with Crippen molar-refractivity contribution in [2.45, 2.75) is 38.3 Å². The molecule has 0 spiro atoms. The first-order valence-corrected chi connectivity index (χ1v) is 6.26. The van der Waals surface area contributed by atoms with Gasteiger partial charge in [0, 0.05) is 19.1 Å². The smallest absolute Gasteiger partial charge is 0.313 e. The van der Waals surface area contributed by atoms with E-state index in [1.807, 2.05) is 6.92 Å². The highest BCUT2D eigenvalue weighted by atomic mass is 16.5. The molecule has 2 bridgehead atoms. The Bertz CT molecular complexity index is 301. The second kappa shape index (κ2) is 3.70. The molecule has 0 aromatic rings. The van der Waals surface area contributed by atoms with Gasteiger partial charge in [-0.25, -0.2) is 0 Å². The summed E-state index contributed by atoms with van der Waals surface area (Å²) in [5.41, 5.74) is -0.166. The zero-order chi connectivity index (χ0) is 11.2. The zero-order valence-electron chi connectivity index (χ0n) is 9.78. The van der Waals surface area contributed by atoms with Gasteiger partial charge in [-0.3, -0.25) is 9.69 Å². The standard InChI is InChI=1S/C12H19NO3/c1-2-15-11(14)12(3-4-12)8-13-6-10-5-9(13)7-16-10/h9-10H,2-8H2,1H3/t9-,10-/m0/s1. The average Bonchev–Trinajstić information content (AvgIpc) is 2.76. The van der Waals surface area contributed by atoms with E-state index in [9.17, 15) is 4.79 Å². The van der Waals surface area contributed by atoms with Crippen LogP contribution in [0.1, 0.15) is 26.2 Å². The van der Waals surface area contributed by atoms with E-state index in [0.717, 1.165) is 39.0 Å². The molecule has 4 nitrogen and oxygen atoms in total. The molecule has 0 aromatic carbocycles. The molecule has 2 saturated heterocycles. The topological polar surface area (TPSA) is 38.8 Å². The van der Waals surface area contributed by atoms with E-state index in [4.69, 9.17) is 9.47 Å². The second-order valence-electron chi connectivity index (χ2n) is 5.28. The molecule has 0 amide bonds. The molecule has 3 fully saturated rings. The Balaban J connectivity index is 1.60. The first kappa shape index (κ1) is 10.5. The van der Waals surface area contributed by atoms with Gasteiger partial charge in [0.1, 0.15) is 0 Å². The maximum absolute atomic E-state index is 11.8. The monoisotopic (exact) mass is 225 g/mol. The van der Waals surface area contributed by atoms with Crippen molar-refractivity contribution in [3.63, 3.8) is 0 Å². The highest BCUT2D eigenvalue weighted by Gasteiger charge is 2.54. The minimum Gasteiger partial charge on any atom is -0.466 e. The Morgan fingerprint density at radius 1 is 1.56 bits per heavy atom. The average molecular weight is 225 g/mol. The molecule has 2 aliphatic heterocycles. The van der Waals surface area contributed by atoms with Gasteiger partial charge >= 0.3 is 5.97 Å². The number of hydrogen-bond donors (Lipinski definition) is 0. The highest BCUT2D eigenvalue weighted by Crippen LogP contribution is 2.48. The number of nitrogens with zero attached hydrogens (tertiary/aromatic N) is 1. The van der Waals surface area contributed by atoms with Crippen LogP contribution in [0.15, 0.2) is 0 Å². The molecular formula is C12H19NO3. The number of hydrogen-bond acceptors (Lipinski definition) is 4. The van der Waals surface area contributed by atoms with Crippen LogP contribution in [-0.4, -0.2) is 49.3 Å². The van der Waals surface area contributed by atoms with Crippen LogP contribution in [0.3, 0.4) is 0 Å². The molecule has 1 aliphatic carbocycles. The summed E-state index contributed by atoms with van der Waals surface area (Å²) in [6, 6.07) is 0.553. The fraction of sp³-hybridized carbons (Fsp3) is 0.917. The number of carbonyl (C=O) groups excluding carboxylic acids is 1. The second-order valence-corrected chi connectivity index (χ2v) is 5.28. The molecule has 2 atom stereocenters. The van der Waals surface area contributed by atoms with E-state index in [1.165, 1.54) is 0 Å². The van der Waals surface area contributed by atoms with Gasteiger partial charge in [-0.2, -0.15) is 0 Å². The minimum absolute atomic E-state index is 0.0127. The normalized spacial score (nSPS) is 35.3. The molecule has 0 radical (unpaired) electrons. The molecule has 2 heterocycles. The third kappa shape index (κ3) is 1.64. The maximum Gasteiger partial charge on any atom is 0.313 e. The van der Waals surface area contributed by atoms with Crippen molar-refractivity contribution >= 4 is 5.97 Å². The molecule has 4 heteroatoms. The maximum atomic E-state index is 11.8. The number of ether oxygens (including phenoxy) is 2. The SMILES string of the molecule is CCOC(=O)C1(CN2C[C@@H]3C[C@H]2CO3)CC1. The Labute approximate surface area is 95.9 Å². The van der Waals surface area contributed by atoms with Crippen LogP contribution in [0.4, 0.5) is 0 Å². The Morgan fingerprint density at radius 3 is 2.88 bits per heavy atom. The van der Waals surface area contributed by atoms with Crippen molar-refractivity contribution in [1.29, 1.82) is 0 Å². The lowest BCUT2D eigenvalue weighted by Crippen LogP contribution is -2.42. The molecule has 0 unspecified atom stereocenters. The summed E-state index contributed by atoms with van der Waals surface area (Å²) in [7, 11) is 0. The third-order valence-electron chi connectivity index (χ3n) is 4.08. The van der Waals surface area contributed by atoms with Crippen molar-refractivity contribution in [2.75, 3.05) is 26.3 Å². The summed E-state index contributed by atoms with van der Waals surface area (Å²) in [5.74, 6) is 0.0127. The van der Waals surface area contributed by atoms with Gasteiger partial charge in [-0.1, -0.05) is 0 Å². The number of esters is 1. The van der Waals surface area contributed by atoms with Crippen LogP contribution in [-0.2, 0) is 14.3 Å². The zero-order valence-corrected chi connectivity index (χ0v) is 9.78. The molecule has 16 heavy (non-hydrogen) atoms. The van der Waals surface area contributed by atoms with Gasteiger partial charge in [0.15, 0.2) is 0 Å². The van der Waals surface area contributed by atoms with Crippen molar-refractivity contribution in [3.8, 4) is 0 Å². The van der Waals surface area contributed by atoms with Gasteiger partial charge in [-0.15, -0.1) is 0 Å². The van der Waals surface area contributed by atoms with Crippen LogP contribution < -0.4 is 0 Å². The first-order valence-electron chi connectivity index (χ1n) is 6.26. The minimum atomic E-state index is -0.166. The fourth-order valence-electron chi connectivity index (χ4n) is 2.92. The van der Waals surface area contributed by atoms with E-state index < -0.39 is 0 Å². The van der Waals surface area contributed by atoms with E-state index in [2.05, 4.69) is 4.90 Å². The van der Waals surface area contributed by atoms with Crippen LogP contribution in [0.5, 0.6) is 0 Å². The predicted molar refractivity (Wildman–Crippen MR) is 58.0 cm³/mol. The number of likely N-dealkylation sites (tertiary alicyclic amines) is 1. The van der Waals surface area contributed by atoms with Crippen molar-refractivity contribution < 1.29 is 14.3 Å². The molecule has 90 valence electrons. The molecule has 3 rings (SSSR count). The number of fused-ring (bicyclic) bond motifs is 2. The van der Waals surface area contributed by atoms with Crippen molar-refractivity contribution in [1.82, 2.24) is 4.90 Å². The molecule has 0 aromatic heterocycles. The van der Waals surface area contributed by atoms with Gasteiger partial charge in [0.05, 0.1) is 24.7 Å². The van der Waals surface area contributed by atoms with Crippen LogP contribution in [0, 0.1) is 5.41 Å². The Hall–Kier alpha value is -0.610. The summed E-state index contributed by atoms with van der Waals surface area (Å²) in [6.07, 6.45) is 3.57. The lowest BCUT2D eigenvalue weighted by atomic mass is 10.1. The lowest BCUT2D eigenvalue weighted by Gasteiger charge is -2.29. The predicted octanol–water partition coefficient (Wildman–Crippen LogP) is 0.803. The quantitative estimate of drug-likeness (QED) is 0.663. The first-order chi connectivity index (χ1) is 7.73. The number of morpholine rings is 1.